The van der Waals surface area contributed by atoms with Crippen LogP contribution in [-0.2, 0) is 9.31 Å². The number of rotatable bonds is 1. The molecule has 0 unspecified atom stereocenters. The van der Waals surface area contributed by atoms with E-state index in [-0.39, 0.29) is 5.56 Å². The van der Waals surface area contributed by atoms with Crippen molar-refractivity contribution in [1.82, 2.24) is 4.98 Å². The van der Waals surface area contributed by atoms with Gasteiger partial charge in [-0.1, -0.05) is 0 Å². The van der Waals surface area contributed by atoms with Crippen molar-refractivity contribution in [3.8, 4) is 6.07 Å². The molecule has 2 rings (SSSR count). The van der Waals surface area contributed by atoms with Gasteiger partial charge in [-0.3, -0.25) is 0 Å². The monoisotopic (exact) mass is 248 g/mol. The van der Waals surface area contributed by atoms with Gasteiger partial charge in [0.2, 0.25) is 5.95 Å². The molecule has 94 valence electrons. The Kier molecular flexibility index (Phi) is 2.92. The molecule has 0 amide bonds. The van der Waals surface area contributed by atoms with Gasteiger partial charge in [0.15, 0.2) is 0 Å². The lowest BCUT2D eigenvalue weighted by Crippen LogP contribution is -2.41. The Balaban J connectivity index is 2.39. The Hall–Kier alpha value is -1.45. The molecule has 4 nitrogen and oxygen atoms in total. The smallest absolute Gasteiger partial charge is 0.399 e. The van der Waals surface area contributed by atoms with Gasteiger partial charge in [0.25, 0.3) is 0 Å². The first-order chi connectivity index (χ1) is 8.27. The lowest BCUT2D eigenvalue weighted by atomic mass is 9.77. The highest BCUT2D eigenvalue weighted by Gasteiger charge is 2.52. The largest absolute Gasteiger partial charge is 0.497 e. The van der Waals surface area contributed by atoms with E-state index in [2.05, 4.69) is 4.98 Å². The minimum Gasteiger partial charge on any atom is -0.399 e. The van der Waals surface area contributed by atoms with E-state index in [1.807, 2.05) is 33.8 Å². The molecule has 18 heavy (non-hydrogen) atoms. The zero-order valence-corrected chi connectivity index (χ0v) is 10.8. The molecule has 0 bridgehead atoms. The van der Waals surface area contributed by atoms with Crippen LogP contribution in [0, 0.1) is 17.3 Å². The summed E-state index contributed by atoms with van der Waals surface area (Å²) in [6.45, 7) is 7.65. The first-order valence-corrected chi connectivity index (χ1v) is 5.68. The average molecular weight is 248 g/mol. The molecule has 1 aliphatic heterocycles. The second-order valence-electron chi connectivity index (χ2n) is 5.29. The molecule has 0 spiro atoms. The van der Waals surface area contributed by atoms with E-state index in [4.69, 9.17) is 14.6 Å². The van der Waals surface area contributed by atoms with Gasteiger partial charge in [0, 0.05) is 17.7 Å². The van der Waals surface area contributed by atoms with Crippen LogP contribution in [0.5, 0.6) is 0 Å². The lowest BCUT2D eigenvalue weighted by molar-refractivity contribution is 0.00578. The van der Waals surface area contributed by atoms with Crippen LogP contribution in [-0.4, -0.2) is 23.3 Å². The quantitative estimate of drug-likeness (QED) is 0.556. The van der Waals surface area contributed by atoms with E-state index in [9.17, 15) is 4.39 Å². The number of nitrogens with zero attached hydrogens (tertiary/aromatic N) is 2. The number of hydrogen-bond donors (Lipinski definition) is 0. The van der Waals surface area contributed by atoms with E-state index in [0.29, 0.717) is 5.46 Å². The summed E-state index contributed by atoms with van der Waals surface area (Å²) in [6, 6.07) is 3.01. The molecule has 6 heteroatoms. The minimum atomic E-state index is -0.697. The van der Waals surface area contributed by atoms with Crippen molar-refractivity contribution >= 4 is 12.6 Å². The maximum absolute atomic E-state index is 13.0. The number of pyridine rings is 1. The summed E-state index contributed by atoms with van der Waals surface area (Å²) < 4.78 is 24.6. The maximum Gasteiger partial charge on any atom is 0.497 e. The molecular weight excluding hydrogens is 234 g/mol. The van der Waals surface area contributed by atoms with E-state index < -0.39 is 24.3 Å². The van der Waals surface area contributed by atoms with Crippen LogP contribution in [0.25, 0.3) is 0 Å². The van der Waals surface area contributed by atoms with Gasteiger partial charge in [-0.05, 0) is 27.7 Å². The summed E-state index contributed by atoms with van der Waals surface area (Å²) in [5.41, 5.74) is -0.365. The zero-order valence-electron chi connectivity index (χ0n) is 10.8. The summed E-state index contributed by atoms with van der Waals surface area (Å²) in [5, 5.41) is 9.01. The fraction of sp³-hybridized carbons (Fsp3) is 0.500. The fourth-order valence-corrected chi connectivity index (χ4v) is 1.70. The highest BCUT2D eigenvalue weighted by atomic mass is 19.1. The minimum absolute atomic E-state index is 0.181. The normalized spacial score (nSPS) is 20.8. The number of nitriles is 1. The summed E-state index contributed by atoms with van der Waals surface area (Å²) >= 11 is 0. The Bertz CT molecular complexity index is 509. The van der Waals surface area contributed by atoms with Gasteiger partial charge in [-0.2, -0.15) is 9.65 Å². The summed E-state index contributed by atoms with van der Waals surface area (Å²) in [7, 11) is -0.697. The zero-order chi connectivity index (χ0) is 13.6. The van der Waals surface area contributed by atoms with Crippen molar-refractivity contribution in [2.75, 3.05) is 0 Å². The third-order valence-electron chi connectivity index (χ3n) is 3.53. The first kappa shape index (κ1) is 13.0. The van der Waals surface area contributed by atoms with Crippen molar-refractivity contribution in [3.63, 3.8) is 0 Å². The molecule has 1 aromatic rings. The number of halogens is 1. The number of aromatic nitrogens is 1. The summed E-state index contributed by atoms with van der Waals surface area (Å²) in [4.78, 5) is 3.55. The second kappa shape index (κ2) is 4.04. The van der Waals surface area contributed by atoms with Crippen LogP contribution >= 0.6 is 0 Å². The van der Waals surface area contributed by atoms with E-state index in [1.165, 1.54) is 6.20 Å². The molecule has 1 aromatic heterocycles. The topological polar surface area (TPSA) is 55.1 Å². The van der Waals surface area contributed by atoms with Gasteiger partial charge >= 0.3 is 7.12 Å². The van der Waals surface area contributed by atoms with Crippen molar-refractivity contribution in [3.05, 3.63) is 23.8 Å². The molecule has 0 radical (unpaired) electrons. The van der Waals surface area contributed by atoms with Gasteiger partial charge in [-0.25, -0.2) is 4.98 Å². The highest BCUT2D eigenvalue weighted by molar-refractivity contribution is 6.62. The van der Waals surface area contributed by atoms with Crippen LogP contribution in [0.2, 0.25) is 0 Å². The Labute approximate surface area is 106 Å². The molecule has 0 saturated carbocycles. The molecule has 1 saturated heterocycles. The van der Waals surface area contributed by atoms with Crippen molar-refractivity contribution < 1.29 is 13.7 Å². The second-order valence-corrected chi connectivity index (χ2v) is 5.29. The average Bonchev–Trinajstić information content (AvgIpc) is 2.47. The summed E-state index contributed by atoms with van der Waals surface area (Å²) in [5.74, 6) is -0.688. The number of hydrogen-bond acceptors (Lipinski definition) is 4. The van der Waals surface area contributed by atoms with Crippen molar-refractivity contribution in [2.45, 2.75) is 38.9 Å². The third-order valence-corrected chi connectivity index (χ3v) is 3.53. The third kappa shape index (κ3) is 2.00. The van der Waals surface area contributed by atoms with E-state index in [1.54, 1.807) is 0 Å². The Morgan fingerprint density at radius 2 is 1.83 bits per heavy atom. The molecule has 0 atom stereocenters. The van der Waals surface area contributed by atoms with Crippen LogP contribution in [0.1, 0.15) is 33.3 Å². The SMILES string of the molecule is CC1(C)OB(c2cnc(F)cc2C#N)OC1(C)C. The lowest BCUT2D eigenvalue weighted by Gasteiger charge is -2.32. The molecule has 2 heterocycles. The van der Waals surface area contributed by atoms with Crippen LogP contribution in [0.15, 0.2) is 12.3 Å². The first-order valence-electron chi connectivity index (χ1n) is 5.68. The van der Waals surface area contributed by atoms with Crippen molar-refractivity contribution in [2.24, 2.45) is 0 Å². The Morgan fingerprint density at radius 3 is 2.33 bits per heavy atom. The molecule has 1 aliphatic rings. The van der Waals surface area contributed by atoms with Gasteiger partial charge in [0.1, 0.15) is 0 Å². The van der Waals surface area contributed by atoms with Crippen LogP contribution in [0.3, 0.4) is 0 Å². The van der Waals surface area contributed by atoms with Gasteiger partial charge in [0.05, 0.1) is 22.8 Å². The van der Waals surface area contributed by atoms with E-state index in [0.717, 1.165) is 6.07 Å². The predicted molar refractivity (Wildman–Crippen MR) is 64.6 cm³/mol. The molecule has 1 fully saturated rings. The maximum atomic E-state index is 13.0. The van der Waals surface area contributed by atoms with E-state index >= 15 is 0 Å². The summed E-state index contributed by atoms with van der Waals surface area (Å²) in [6.07, 6.45) is 1.29. The van der Waals surface area contributed by atoms with Crippen LogP contribution < -0.4 is 5.46 Å². The van der Waals surface area contributed by atoms with Gasteiger partial charge in [-0.15, -0.1) is 0 Å². The van der Waals surface area contributed by atoms with Crippen LogP contribution in [0.4, 0.5) is 4.39 Å². The molecular formula is C12H14BFN2O2. The Morgan fingerprint density at radius 1 is 1.28 bits per heavy atom. The fourth-order valence-electron chi connectivity index (χ4n) is 1.70. The van der Waals surface area contributed by atoms with Gasteiger partial charge < -0.3 is 9.31 Å². The molecule has 0 N–H and O–H groups in total. The van der Waals surface area contributed by atoms with Crippen molar-refractivity contribution in [1.29, 1.82) is 5.26 Å². The highest BCUT2D eigenvalue weighted by Crippen LogP contribution is 2.36. The molecule has 0 aromatic carbocycles. The predicted octanol–water partition coefficient (Wildman–Crippen LogP) is 1.39. The standard InChI is InChI=1S/C12H14BFN2O2/c1-11(2)12(3,4)18-13(17-11)9-7-16-10(14)5-8(9)6-15/h5,7H,1-4H3. The molecule has 0 aliphatic carbocycles.